The zero-order valence-corrected chi connectivity index (χ0v) is 8.69. The van der Waals surface area contributed by atoms with Crippen LogP contribution in [-0.4, -0.2) is 35.5 Å². The van der Waals surface area contributed by atoms with Gasteiger partial charge < -0.3 is 14.6 Å². The molecule has 0 bridgehead atoms. The van der Waals surface area contributed by atoms with Gasteiger partial charge in [0.15, 0.2) is 0 Å². The number of ketones is 1. The fourth-order valence-electron chi connectivity index (χ4n) is 1.06. The standard InChI is InChI=1S/C10H16O4/c1-10(2,3)14-9-8(12)5-4-7(6-11)13-9/h4-5,7,9,11H,6H2,1-3H3. The molecule has 0 spiro atoms. The lowest BCUT2D eigenvalue weighted by atomic mass is 10.1. The van der Waals surface area contributed by atoms with E-state index in [1.54, 1.807) is 0 Å². The van der Waals surface area contributed by atoms with Crippen molar-refractivity contribution in [1.29, 1.82) is 0 Å². The maximum Gasteiger partial charge on any atom is 0.223 e. The lowest BCUT2D eigenvalue weighted by molar-refractivity contribution is -0.210. The molecule has 1 aliphatic heterocycles. The Hall–Kier alpha value is -0.710. The number of hydrogen-bond acceptors (Lipinski definition) is 4. The number of aliphatic hydroxyl groups excluding tert-OH is 1. The van der Waals surface area contributed by atoms with Crippen LogP contribution in [0, 0.1) is 0 Å². The Morgan fingerprint density at radius 2 is 2.21 bits per heavy atom. The summed E-state index contributed by atoms with van der Waals surface area (Å²) in [5.41, 5.74) is -0.439. The third kappa shape index (κ3) is 3.21. The summed E-state index contributed by atoms with van der Waals surface area (Å²) in [7, 11) is 0. The van der Waals surface area contributed by atoms with Crippen molar-refractivity contribution in [2.45, 2.75) is 38.8 Å². The van der Waals surface area contributed by atoms with Crippen LogP contribution in [0.5, 0.6) is 0 Å². The SMILES string of the molecule is CC(C)(C)OC1OC(CO)C=CC1=O. The Balaban J connectivity index is 2.62. The van der Waals surface area contributed by atoms with Gasteiger partial charge in [-0.25, -0.2) is 0 Å². The summed E-state index contributed by atoms with van der Waals surface area (Å²) in [4.78, 5) is 11.3. The molecule has 2 atom stereocenters. The summed E-state index contributed by atoms with van der Waals surface area (Å²) in [5, 5.41) is 8.85. The smallest absolute Gasteiger partial charge is 0.223 e. The van der Waals surface area contributed by atoms with Gasteiger partial charge in [0.25, 0.3) is 0 Å². The maximum atomic E-state index is 11.3. The van der Waals surface area contributed by atoms with E-state index in [1.165, 1.54) is 12.2 Å². The first-order chi connectivity index (χ1) is 6.42. The van der Waals surface area contributed by atoms with Gasteiger partial charge in [0.05, 0.1) is 12.2 Å². The van der Waals surface area contributed by atoms with E-state index < -0.39 is 18.0 Å². The minimum absolute atomic E-state index is 0.145. The average Bonchev–Trinajstić information content (AvgIpc) is 2.06. The van der Waals surface area contributed by atoms with Crippen molar-refractivity contribution >= 4 is 5.78 Å². The number of ether oxygens (including phenoxy) is 2. The van der Waals surface area contributed by atoms with Crippen LogP contribution in [0.1, 0.15) is 20.8 Å². The van der Waals surface area contributed by atoms with Crippen molar-refractivity contribution in [3.8, 4) is 0 Å². The Morgan fingerprint density at radius 1 is 1.57 bits per heavy atom. The van der Waals surface area contributed by atoms with Crippen molar-refractivity contribution in [3.63, 3.8) is 0 Å². The first-order valence-electron chi connectivity index (χ1n) is 4.58. The molecule has 0 saturated heterocycles. The molecule has 1 heterocycles. The quantitative estimate of drug-likeness (QED) is 0.710. The molecule has 1 aliphatic rings. The van der Waals surface area contributed by atoms with Crippen LogP contribution in [0.2, 0.25) is 0 Å². The third-order valence-corrected chi connectivity index (χ3v) is 1.65. The Kier molecular flexibility index (Phi) is 3.42. The fraction of sp³-hybridized carbons (Fsp3) is 0.700. The van der Waals surface area contributed by atoms with Crippen molar-refractivity contribution in [2.24, 2.45) is 0 Å². The molecule has 1 N–H and O–H groups in total. The molecule has 4 heteroatoms. The van der Waals surface area contributed by atoms with E-state index in [0.29, 0.717) is 0 Å². The summed E-state index contributed by atoms with van der Waals surface area (Å²) in [5.74, 6) is -0.218. The lowest BCUT2D eigenvalue weighted by Crippen LogP contribution is -2.40. The molecule has 80 valence electrons. The van der Waals surface area contributed by atoms with Crippen LogP contribution in [0.4, 0.5) is 0 Å². The highest BCUT2D eigenvalue weighted by molar-refractivity contribution is 5.93. The summed E-state index contributed by atoms with van der Waals surface area (Å²) < 4.78 is 10.6. The van der Waals surface area contributed by atoms with Gasteiger partial charge in [0.2, 0.25) is 12.1 Å². The van der Waals surface area contributed by atoms with E-state index in [1.807, 2.05) is 20.8 Å². The van der Waals surface area contributed by atoms with Gasteiger partial charge >= 0.3 is 0 Å². The zero-order valence-electron chi connectivity index (χ0n) is 8.69. The second-order valence-corrected chi connectivity index (χ2v) is 4.18. The van der Waals surface area contributed by atoms with Gasteiger partial charge in [-0.05, 0) is 32.9 Å². The van der Waals surface area contributed by atoms with E-state index in [-0.39, 0.29) is 12.4 Å². The van der Waals surface area contributed by atoms with Crippen LogP contribution < -0.4 is 0 Å². The molecule has 0 fully saturated rings. The maximum absolute atomic E-state index is 11.3. The van der Waals surface area contributed by atoms with E-state index >= 15 is 0 Å². The second-order valence-electron chi connectivity index (χ2n) is 4.18. The minimum Gasteiger partial charge on any atom is -0.393 e. The Labute approximate surface area is 83.5 Å². The first-order valence-corrected chi connectivity index (χ1v) is 4.58. The zero-order chi connectivity index (χ0) is 10.8. The molecular weight excluding hydrogens is 184 g/mol. The molecule has 2 unspecified atom stereocenters. The van der Waals surface area contributed by atoms with Crippen LogP contribution >= 0.6 is 0 Å². The molecule has 1 rings (SSSR count). The predicted octanol–water partition coefficient (Wildman–Crippen LogP) is 0.644. The van der Waals surface area contributed by atoms with E-state index in [9.17, 15) is 4.79 Å². The highest BCUT2D eigenvalue weighted by Crippen LogP contribution is 2.17. The van der Waals surface area contributed by atoms with Crippen molar-refractivity contribution in [1.82, 2.24) is 0 Å². The molecule has 0 radical (unpaired) electrons. The van der Waals surface area contributed by atoms with E-state index in [2.05, 4.69) is 0 Å². The minimum atomic E-state index is -0.892. The predicted molar refractivity (Wildman–Crippen MR) is 50.7 cm³/mol. The van der Waals surface area contributed by atoms with Crippen molar-refractivity contribution in [2.75, 3.05) is 6.61 Å². The second kappa shape index (κ2) is 4.21. The first kappa shape index (κ1) is 11.4. The van der Waals surface area contributed by atoms with Gasteiger partial charge in [0, 0.05) is 0 Å². The van der Waals surface area contributed by atoms with Crippen molar-refractivity contribution < 1.29 is 19.4 Å². The number of aliphatic hydroxyl groups is 1. The molecule has 0 aromatic rings. The highest BCUT2D eigenvalue weighted by Gasteiger charge is 2.29. The van der Waals surface area contributed by atoms with Gasteiger partial charge in [-0.15, -0.1) is 0 Å². The molecule has 0 aliphatic carbocycles. The molecule has 14 heavy (non-hydrogen) atoms. The lowest BCUT2D eigenvalue weighted by Gasteiger charge is -2.29. The van der Waals surface area contributed by atoms with Crippen molar-refractivity contribution in [3.05, 3.63) is 12.2 Å². The molecule has 0 aromatic heterocycles. The van der Waals surface area contributed by atoms with Crippen LogP contribution in [-0.2, 0) is 14.3 Å². The van der Waals surface area contributed by atoms with E-state index in [0.717, 1.165) is 0 Å². The summed E-state index contributed by atoms with van der Waals surface area (Å²) in [6.45, 7) is 5.38. The van der Waals surface area contributed by atoms with Gasteiger partial charge in [-0.2, -0.15) is 0 Å². The van der Waals surface area contributed by atoms with Crippen LogP contribution in [0.25, 0.3) is 0 Å². The normalized spacial score (nSPS) is 28.1. The van der Waals surface area contributed by atoms with Crippen LogP contribution in [0.15, 0.2) is 12.2 Å². The number of carbonyl (C=O) groups is 1. The number of rotatable bonds is 2. The van der Waals surface area contributed by atoms with Gasteiger partial charge in [-0.1, -0.05) is 0 Å². The van der Waals surface area contributed by atoms with Crippen LogP contribution in [0.3, 0.4) is 0 Å². The molecular formula is C10H16O4. The molecule has 0 amide bonds. The van der Waals surface area contributed by atoms with Gasteiger partial charge in [0.1, 0.15) is 6.10 Å². The largest absolute Gasteiger partial charge is 0.393 e. The molecule has 0 saturated carbocycles. The van der Waals surface area contributed by atoms with Gasteiger partial charge in [-0.3, -0.25) is 4.79 Å². The molecule has 4 nitrogen and oxygen atoms in total. The Morgan fingerprint density at radius 3 is 2.71 bits per heavy atom. The Bertz CT molecular complexity index is 239. The topological polar surface area (TPSA) is 55.8 Å². The summed E-state index contributed by atoms with van der Waals surface area (Å²) in [6.07, 6.45) is 1.59. The fourth-order valence-corrected chi connectivity index (χ4v) is 1.06. The monoisotopic (exact) mass is 200 g/mol. The highest BCUT2D eigenvalue weighted by atomic mass is 16.7. The number of carbonyl (C=O) groups excluding carboxylic acids is 1. The summed E-state index contributed by atoms with van der Waals surface area (Å²) in [6, 6.07) is 0. The third-order valence-electron chi connectivity index (χ3n) is 1.65. The average molecular weight is 200 g/mol. The van der Waals surface area contributed by atoms with E-state index in [4.69, 9.17) is 14.6 Å². The summed E-state index contributed by atoms with van der Waals surface area (Å²) >= 11 is 0. The molecule has 0 aromatic carbocycles. The number of hydrogen-bond donors (Lipinski definition) is 1.